The Balaban J connectivity index is 4.62. The Kier molecular flexibility index (Phi) is 4.09. The molecule has 0 aromatic rings. The minimum Gasteiger partial charge on any atom is -0.325 e. The van der Waals surface area contributed by atoms with Gasteiger partial charge in [-0.25, -0.2) is 0 Å². The fourth-order valence-electron chi connectivity index (χ4n) is 0.884. The molecule has 0 aliphatic carbocycles. The molecule has 3 nitrogen and oxygen atoms in total. The van der Waals surface area contributed by atoms with E-state index in [2.05, 4.69) is 0 Å². The van der Waals surface area contributed by atoms with Gasteiger partial charge in [-0.2, -0.15) is 13.2 Å². The molecule has 1 amide bonds. The summed E-state index contributed by atoms with van der Waals surface area (Å²) in [5, 5.41) is 0. The van der Waals surface area contributed by atoms with Gasteiger partial charge in [0.15, 0.2) is 0 Å². The Hall–Kier alpha value is -1.07. The summed E-state index contributed by atoms with van der Waals surface area (Å²) < 4.78 is 36.0. The van der Waals surface area contributed by atoms with Crippen molar-refractivity contribution >= 4 is 11.7 Å². The summed E-state index contributed by atoms with van der Waals surface area (Å²) in [6.45, 7) is 2.41. The van der Waals surface area contributed by atoms with Gasteiger partial charge in [-0.3, -0.25) is 9.59 Å². The van der Waals surface area contributed by atoms with Crippen LogP contribution in [0.25, 0.3) is 0 Å². The monoisotopic (exact) mass is 211 g/mol. The van der Waals surface area contributed by atoms with Gasteiger partial charge < -0.3 is 4.90 Å². The third kappa shape index (κ3) is 4.25. The molecule has 0 aromatic heterocycles. The number of carbonyl (C=O) groups excluding carboxylic acids is 2. The Morgan fingerprint density at radius 2 is 1.71 bits per heavy atom. The number of carbonyl (C=O) groups is 2. The zero-order valence-electron chi connectivity index (χ0n) is 8.18. The second kappa shape index (κ2) is 4.43. The lowest BCUT2D eigenvalue weighted by atomic mass is 10.2. The van der Waals surface area contributed by atoms with Crippen LogP contribution in [-0.2, 0) is 9.59 Å². The van der Waals surface area contributed by atoms with E-state index in [9.17, 15) is 22.8 Å². The number of nitrogens with zero attached hydrogens (tertiary/aromatic N) is 1. The number of ketones is 1. The van der Waals surface area contributed by atoms with Crippen LogP contribution in [0.1, 0.15) is 20.8 Å². The molecule has 0 bridgehead atoms. The summed E-state index contributed by atoms with van der Waals surface area (Å²) >= 11 is 0. The number of amides is 1. The maximum atomic E-state index is 12.0. The number of hydrogen-bond acceptors (Lipinski definition) is 2. The average Bonchev–Trinajstić information content (AvgIpc) is 1.96. The molecule has 0 saturated carbocycles. The first kappa shape index (κ1) is 12.9. The van der Waals surface area contributed by atoms with Gasteiger partial charge in [-0.15, -0.1) is 0 Å². The molecule has 0 fully saturated rings. The van der Waals surface area contributed by atoms with E-state index in [1.165, 1.54) is 13.8 Å². The molecule has 0 unspecified atom stereocenters. The van der Waals surface area contributed by atoms with E-state index < -0.39 is 30.5 Å². The van der Waals surface area contributed by atoms with Crippen molar-refractivity contribution in [3.63, 3.8) is 0 Å². The van der Waals surface area contributed by atoms with Crippen LogP contribution in [0.2, 0.25) is 0 Å². The first-order valence-corrected chi connectivity index (χ1v) is 4.03. The summed E-state index contributed by atoms with van der Waals surface area (Å²) in [7, 11) is 0. The van der Waals surface area contributed by atoms with E-state index in [0.717, 1.165) is 6.92 Å². The highest BCUT2D eigenvalue weighted by Crippen LogP contribution is 2.18. The van der Waals surface area contributed by atoms with Gasteiger partial charge in [0.1, 0.15) is 6.54 Å². The van der Waals surface area contributed by atoms with Crippen LogP contribution in [0.4, 0.5) is 13.2 Å². The van der Waals surface area contributed by atoms with Gasteiger partial charge in [0.05, 0.1) is 0 Å². The summed E-state index contributed by atoms with van der Waals surface area (Å²) in [6.07, 6.45) is -4.48. The molecule has 0 aromatic carbocycles. The molecule has 0 N–H and O–H groups in total. The standard InChI is InChI=1S/C8H12F3NO2/c1-5(2)12(4-8(9,10)11)7(14)6(3)13/h5H,4H2,1-3H3. The lowest BCUT2D eigenvalue weighted by Crippen LogP contribution is -2.45. The molecule has 0 aliphatic rings. The molecule has 0 aliphatic heterocycles. The van der Waals surface area contributed by atoms with Crippen LogP contribution in [0.3, 0.4) is 0 Å². The predicted octanol–water partition coefficient (Wildman–Crippen LogP) is 1.37. The van der Waals surface area contributed by atoms with E-state index in [0.29, 0.717) is 4.90 Å². The smallest absolute Gasteiger partial charge is 0.325 e. The molecule has 6 heteroatoms. The number of rotatable bonds is 3. The molecule has 82 valence electrons. The van der Waals surface area contributed by atoms with Gasteiger partial charge in [-0.1, -0.05) is 0 Å². The van der Waals surface area contributed by atoms with E-state index in [1.807, 2.05) is 0 Å². The highest BCUT2D eigenvalue weighted by atomic mass is 19.4. The summed E-state index contributed by atoms with van der Waals surface area (Å²) in [5.74, 6) is -1.99. The summed E-state index contributed by atoms with van der Waals surface area (Å²) in [6, 6.07) is -0.645. The zero-order chi connectivity index (χ0) is 11.5. The number of Topliss-reactive ketones (excluding diaryl/α,β-unsaturated/α-hetero) is 1. The molecular formula is C8H12F3NO2. The highest BCUT2D eigenvalue weighted by Gasteiger charge is 2.35. The predicted molar refractivity (Wildman–Crippen MR) is 43.6 cm³/mol. The van der Waals surface area contributed by atoms with Gasteiger partial charge >= 0.3 is 6.18 Å². The Bertz CT molecular complexity index is 235. The Labute approximate surface area is 79.9 Å². The third-order valence-corrected chi connectivity index (χ3v) is 1.54. The lowest BCUT2D eigenvalue weighted by Gasteiger charge is -2.26. The lowest BCUT2D eigenvalue weighted by molar-refractivity contribution is -0.166. The largest absolute Gasteiger partial charge is 0.406 e. The van der Waals surface area contributed by atoms with Crippen molar-refractivity contribution in [1.82, 2.24) is 4.90 Å². The molecule has 0 atom stereocenters. The van der Waals surface area contributed by atoms with Gasteiger partial charge in [0.25, 0.3) is 5.91 Å². The Morgan fingerprint density at radius 1 is 1.29 bits per heavy atom. The van der Waals surface area contributed by atoms with Crippen LogP contribution in [0.15, 0.2) is 0 Å². The quantitative estimate of drug-likeness (QED) is 0.661. The van der Waals surface area contributed by atoms with Crippen molar-refractivity contribution in [1.29, 1.82) is 0 Å². The molecule has 0 rings (SSSR count). The first-order valence-electron chi connectivity index (χ1n) is 4.03. The van der Waals surface area contributed by atoms with Crippen molar-refractivity contribution in [3.8, 4) is 0 Å². The maximum absolute atomic E-state index is 12.0. The van der Waals surface area contributed by atoms with Gasteiger partial charge in [-0.05, 0) is 13.8 Å². The molecular weight excluding hydrogens is 199 g/mol. The van der Waals surface area contributed by atoms with E-state index >= 15 is 0 Å². The fraction of sp³-hybridized carbons (Fsp3) is 0.750. The van der Waals surface area contributed by atoms with Crippen molar-refractivity contribution in [2.75, 3.05) is 6.54 Å². The van der Waals surface area contributed by atoms with E-state index in [-0.39, 0.29) is 0 Å². The Morgan fingerprint density at radius 3 is 1.93 bits per heavy atom. The van der Waals surface area contributed by atoms with Crippen molar-refractivity contribution in [2.45, 2.75) is 33.0 Å². The average molecular weight is 211 g/mol. The fourth-order valence-corrected chi connectivity index (χ4v) is 0.884. The molecule has 0 heterocycles. The van der Waals surface area contributed by atoms with Crippen LogP contribution < -0.4 is 0 Å². The van der Waals surface area contributed by atoms with Crippen LogP contribution in [0.5, 0.6) is 0 Å². The van der Waals surface area contributed by atoms with Gasteiger partial charge in [0.2, 0.25) is 5.78 Å². The van der Waals surface area contributed by atoms with Gasteiger partial charge in [0, 0.05) is 13.0 Å². The second-order valence-corrected chi connectivity index (χ2v) is 3.20. The zero-order valence-corrected chi connectivity index (χ0v) is 8.18. The summed E-state index contributed by atoms with van der Waals surface area (Å²) in [4.78, 5) is 22.2. The number of hydrogen-bond donors (Lipinski definition) is 0. The third-order valence-electron chi connectivity index (χ3n) is 1.54. The van der Waals surface area contributed by atoms with Crippen LogP contribution in [0, 0.1) is 0 Å². The SMILES string of the molecule is CC(=O)C(=O)N(CC(F)(F)F)C(C)C. The number of alkyl halides is 3. The van der Waals surface area contributed by atoms with Crippen molar-refractivity contribution < 1.29 is 22.8 Å². The second-order valence-electron chi connectivity index (χ2n) is 3.20. The van der Waals surface area contributed by atoms with Crippen LogP contribution >= 0.6 is 0 Å². The van der Waals surface area contributed by atoms with Crippen molar-refractivity contribution in [3.05, 3.63) is 0 Å². The summed E-state index contributed by atoms with van der Waals surface area (Å²) in [5.41, 5.74) is 0. The molecule has 0 radical (unpaired) electrons. The van der Waals surface area contributed by atoms with Crippen molar-refractivity contribution in [2.24, 2.45) is 0 Å². The maximum Gasteiger partial charge on any atom is 0.406 e. The first-order chi connectivity index (χ1) is 6.15. The minimum absolute atomic E-state index is 0.502. The molecule has 14 heavy (non-hydrogen) atoms. The topological polar surface area (TPSA) is 37.4 Å². The number of halogens is 3. The molecule has 0 spiro atoms. The highest BCUT2D eigenvalue weighted by molar-refractivity contribution is 6.35. The van der Waals surface area contributed by atoms with E-state index in [4.69, 9.17) is 0 Å². The normalized spacial score (nSPS) is 11.6. The minimum atomic E-state index is -4.48. The van der Waals surface area contributed by atoms with Crippen LogP contribution in [-0.4, -0.2) is 35.4 Å². The van der Waals surface area contributed by atoms with E-state index in [1.54, 1.807) is 0 Å². The molecule has 0 saturated heterocycles.